The Morgan fingerprint density at radius 2 is 0.878 bits per heavy atom. The second kappa shape index (κ2) is 15.6. The Morgan fingerprint density at radius 1 is 0.419 bits per heavy atom. The number of thiophene rings is 2. The van der Waals surface area contributed by atoms with Gasteiger partial charge >= 0.3 is 0 Å². The van der Waals surface area contributed by atoms with Gasteiger partial charge in [-0.15, -0.1) is 22.7 Å². The van der Waals surface area contributed by atoms with Gasteiger partial charge in [0.25, 0.3) is 6.71 Å². The Labute approximate surface area is 446 Å². The second-order valence-electron chi connectivity index (χ2n) is 25.7. The topological polar surface area (TPSA) is 9.72 Å². The van der Waals surface area contributed by atoms with Crippen molar-refractivity contribution in [3.63, 3.8) is 0 Å². The van der Waals surface area contributed by atoms with Crippen LogP contribution in [0.1, 0.15) is 124 Å². The largest absolute Gasteiger partial charge is 0.334 e. The molecule has 10 aromatic rings. The summed E-state index contributed by atoms with van der Waals surface area (Å²) in [5, 5.41) is 5.30. The maximum atomic E-state index is 2.84. The highest BCUT2D eigenvalue weighted by atomic mass is 32.1. The number of hydrogen-bond donors (Lipinski definition) is 0. The molecule has 1 aliphatic carbocycles. The zero-order valence-electron chi connectivity index (χ0n) is 45.0. The molecule has 3 nitrogen and oxygen atoms in total. The highest BCUT2D eigenvalue weighted by Crippen LogP contribution is 2.62. The van der Waals surface area contributed by atoms with Gasteiger partial charge in [-0.3, -0.25) is 0 Å². The Kier molecular flexibility index (Phi) is 9.75. The Balaban J connectivity index is 1.11. The Bertz CT molecular complexity index is 3800. The molecule has 1 saturated carbocycles. The van der Waals surface area contributed by atoms with E-state index in [4.69, 9.17) is 0 Å². The fourth-order valence-electron chi connectivity index (χ4n) is 13.9. The fourth-order valence-corrected chi connectivity index (χ4v) is 16.2. The summed E-state index contributed by atoms with van der Waals surface area (Å²) < 4.78 is 5.29. The van der Waals surface area contributed by atoms with Crippen LogP contribution in [0.15, 0.2) is 152 Å². The summed E-state index contributed by atoms with van der Waals surface area (Å²) in [6, 6.07) is 60.1. The van der Waals surface area contributed by atoms with E-state index < -0.39 is 0 Å². The number of fused-ring (bicyclic) bond motifs is 13. The molecule has 2 atom stereocenters. The monoisotopic (exact) mass is 999 g/mol. The molecule has 0 bridgehead atoms. The lowest BCUT2D eigenvalue weighted by atomic mass is 9.33. The van der Waals surface area contributed by atoms with Crippen LogP contribution in [0.25, 0.3) is 40.3 Å². The van der Waals surface area contributed by atoms with Crippen molar-refractivity contribution in [3.8, 4) is 0 Å². The van der Waals surface area contributed by atoms with Gasteiger partial charge in [0, 0.05) is 91.3 Å². The first-order chi connectivity index (χ1) is 35.3. The fraction of sp³-hybridized carbons (Fsp3) is 0.294. The van der Waals surface area contributed by atoms with Gasteiger partial charge in [-0.25, -0.2) is 0 Å². The van der Waals surface area contributed by atoms with Crippen LogP contribution in [0.4, 0.5) is 45.5 Å². The van der Waals surface area contributed by atoms with Crippen molar-refractivity contribution in [2.45, 2.75) is 129 Å². The molecule has 74 heavy (non-hydrogen) atoms. The molecule has 368 valence electrons. The summed E-state index contributed by atoms with van der Waals surface area (Å²) in [6.07, 6.45) is 4.77. The van der Waals surface area contributed by atoms with Crippen molar-refractivity contribution < 1.29 is 0 Å². The van der Waals surface area contributed by atoms with E-state index in [1.807, 2.05) is 22.7 Å². The van der Waals surface area contributed by atoms with Gasteiger partial charge in [0.15, 0.2) is 0 Å². The number of hydrogen-bond acceptors (Lipinski definition) is 5. The van der Waals surface area contributed by atoms with E-state index in [-0.39, 0.29) is 33.9 Å². The lowest BCUT2D eigenvalue weighted by Gasteiger charge is -2.51. The van der Waals surface area contributed by atoms with Gasteiger partial charge in [0.1, 0.15) is 0 Å². The van der Waals surface area contributed by atoms with Crippen LogP contribution in [-0.4, -0.2) is 12.3 Å². The Hall–Kier alpha value is -6.34. The van der Waals surface area contributed by atoms with E-state index in [2.05, 4.69) is 243 Å². The van der Waals surface area contributed by atoms with Gasteiger partial charge in [-0.1, -0.05) is 167 Å². The third-order valence-corrected chi connectivity index (χ3v) is 20.5. The summed E-state index contributed by atoms with van der Waals surface area (Å²) in [5.41, 5.74) is 19.6. The standard InChI is InChI=1S/C68H66BN3S2/c1-64(2,3)41-24-31-54-51(34-41)67(10)32-16-17-33-68(67,11)72(54)46-37-57-63-58(38-46)71(45-26-28-50-48-19-13-15-21-60(48)74-62(50)40-45)56-36-43(66(7,8)9)23-30-53(56)69(63)52-29-22-42(65(4,5)6)35-55(52)70(57)44-25-27-49-47-18-12-14-20-59(47)73-61(49)39-44/h12-15,18-31,34-40H,16-17,32-33H2,1-11H3. The zero-order valence-corrected chi connectivity index (χ0v) is 46.6. The molecule has 2 unspecified atom stereocenters. The Morgan fingerprint density at radius 3 is 1.39 bits per heavy atom. The molecule has 3 aliphatic heterocycles. The minimum atomic E-state index is -0.149. The van der Waals surface area contributed by atoms with E-state index in [9.17, 15) is 0 Å². The number of rotatable bonds is 3. The van der Waals surface area contributed by atoms with E-state index in [0.29, 0.717) is 0 Å². The molecule has 0 saturated heterocycles. The zero-order chi connectivity index (χ0) is 51.0. The van der Waals surface area contributed by atoms with Crippen molar-refractivity contribution >= 4 is 132 Å². The average Bonchev–Trinajstić information content (AvgIpc) is 4.00. The number of anilines is 8. The molecular formula is C68H66BN3S2. The summed E-state index contributed by atoms with van der Waals surface area (Å²) in [6.45, 7) is 26.5. The van der Waals surface area contributed by atoms with Crippen molar-refractivity contribution in [1.29, 1.82) is 0 Å². The highest BCUT2D eigenvalue weighted by molar-refractivity contribution is 7.26. The van der Waals surface area contributed by atoms with Gasteiger partial charge < -0.3 is 14.7 Å². The van der Waals surface area contributed by atoms with E-state index in [0.717, 1.165) is 6.42 Å². The first kappa shape index (κ1) is 46.2. The molecule has 0 spiro atoms. The SMILES string of the molecule is CC(C)(C)c1ccc2c(c1)N(c1ccc3c(c1)sc1ccccc13)c1cc(N3c4ccc(C(C)(C)C)cc4C4(C)CCCCC34C)cc3c1B2c1ccc(C(C)(C)C)cc1N3c1ccc2c(c1)sc1ccccc12. The molecule has 8 aromatic carbocycles. The average molecular weight is 1000 g/mol. The van der Waals surface area contributed by atoms with Crippen molar-refractivity contribution in [2.75, 3.05) is 14.7 Å². The van der Waals surface area contributed by atoms with E-state index in [1.54, 1.807) is 0 Å². The number of nitrogens with zero attached hydrogens (tertiary/aromatic N) is 3. The molecule has 14 rings (SSSR count). The third-order valence-electron chi connectivity index (χ3n) is 18.3. The first-order valence-corrected chi connectivity index (χ1v) is 28.8. The predicted molar refractivity (Wildman–Crippen MR) is 325 cm³/mol. The lowest BCUT2D eigenvalue weighted by Crippen LogP contribution is -2.61. The van der Waals surface area contributed by atoms with Gasteiger partial charge in [-0.05, 0) is 141 Å². The van der Waals surface area contributed by atoms with Crippen LogP contribution in [-0.2, 0) is 21.7 Å². The van der Waals surface area contributed by atoms with Crippen LogP contribution in [0.2, 0.25) is 0 Å². The van der Waals surface area contributed by atoms with Crippen molar-refractivity contribution in [3.05, 3.63) is 174 Å². The molecule has 2 aromatic heterocycles. The molecule has 1 fully saturated rings. The molecule has 0 N–H and O–H groups in total. The quantitative estimate of drug-likeness (QED) is 0.163. The van der Waals surface area contributed by atoms with Crippen LogP contribution < -0.4 is 31.1 Å². The molecular weight excluding hydrogens is 934 g/mol. The van der Waals surface area contributed by atoms with Gasteiger partial charge in [-0.2, -0.15) is 0 Å². The summed E-state index contributed by atoms with van der Waals surface area (Å²) in [7, 11) is 0. The second-order valence-corrected chi connectivity index (χ2v) is 27.9. The van der Waals surface area contributed by atoms with Crippen LogP contribution >= 0.6 is 22.7 Å². The van der Waals surface area contributed by atoms with Crippen molar-refractivity contribution in [2.24, 2.45) is 0 Å². The normalized spacial score (nSPS) is 19.3. The van der Waals surface area contributed by atoms with Crippen LogP contribution in [0.5, 0.6) is 0 Å². The molecule has 5 heterocycles. The molecule has 6 heteroatoms. The minimum Gasteiger partial charge on any atom is -0.334 e. The molecule has 0 radical (unpaired) electrons. The third kappa shape index (κ3) is 6.56. The van der Waals surface area contributed by atoms with E-state index in [1.165, 1.54) is 144 Å². The minimum absolute atomic E-state index is 0.00596. The molecule has 0 amide bonds. The maximum Gasteiger partial charge on any atom is 0.252 e. The summed E-state index contributed by atoms with van der Waals surface area (Å²) >= 11 is 3.82. The van der Waals surface area contributed by atoms with Gasteiger partial charge in [0.2, 0.25) is 0 Å². The summed E-state index contributed by atoms with van der Waals surface area (Å²) in [5.74, 6) is 0. The first-order valence-electron chi connectivity index (χ1n) is 27.2. The van der Waals surface area contributed by atoms with Crippen LogP contribution in [0, 0.1) is 0 Å². The number of benzene rings is 8. The predicted octanol–water partition coefficient (Wildman–Crippen LogP) is 18.1. The summed E-state index contributed by atoms with van der Waals surface area (Å²) in [4.78, 5) is 8.19. The van der Waals surface area contributed by atoms with E-state index >= 15 is 0 Å². The lowest BCUT2D eigenvalue weighted by molar-refractivity contribution is 0.195. The molecule has 4 aliphatic rings. The highest BCUT2D eigenvalue weighted by Gasteiger charge is 2.58. The van der Waals surface area contributed by atoms with Gasteiger partial charge in [0.05, 0.1) is 5.54 Å². The van der Waals surface area contributed by atoms with Crippen molar-refractivity contribution in [1.82, 2.24) is 0 Å². The smallest absolute Gasteiger partial charge is 0.252 e. The maximum absolute atomic E-state index is 2.84. The van der Waals surface area contributed by atoms with Crippen LogP contribution in [0.3, 0.4) is 0 Å².